The largest absolute Gasteiger partial charge is 0.342 e. The van der Waals surface area contributed by atoms with E-state index >= 15 is 0 Å². The van der Waals surface area contributed by atoms with Crippen LogP contribution in [-0.4, -0.2) is 78.4 Å². The quantitative estimate of drug-likeness (QED) is 0.785. The Morgan fingerprint density at radius 3 is 2.05 bits per heavy atom. The lowest BCUT2D eigenvalue weighted by molar-refractivity contribution is -0.135. The van der Waals surface area contributed by atoms with E-state index in [9.17, 15) is 9.59 Å². The number of piperidine rings is 1. The second-order valence-electron chi connectivity index (χ2n) is 6.28. The second kappa shape index (κ2) is 7.75. The molecule has 2 aliphatic rings. The lowest BCUT2D eigenvalue weighted by atomic mass is 10.1. The Labute approximate surface area is 127 Å². The summed E-state index contributed by atoms with van der Waals surface area (Å²) in [5, 5.41) is 0. The van der Waals surface area contributed by atoms with Crippen molar-refractivity contribution < 1.29 is 9.59 Å². The number of carbonyl (C=O) groups excluding carboxylic acids is 2. The first-order chi connectivity index (χ1) is 10.1. The molecule has 120 valence electrons. The molecule has 6 nitrogen and oxygen atoms in total. The molecule has 0 radical (unpaired) electrons. The Hall–Kier alpha value is -1.14. The molecule has 2 amide bonds. The maximum absolute atomic E-state index is 12.2. The molecule has 0 spiro atoms. The minimum Gasteiger partial charge on any atom is -0.342 e. The fourth-order valence-corrected chi connectivity index (χ4v) is 2.99. The molecule has 2 saturated heterocycles. The summed E-state index contributed by atoms with van der Waals surface area (Å²) in [7, 11) is 0. The number of likely N-dealkylation sites (tertiary alicyclic amines) is 1. The number of amides is 2. The van der Waals surface area contributed by atoms with E-state index in [2.05, 4.69) is 4.90 Å². The van der Waals surface area contributed by atoms with Gasteiger partial charge in [-0.05, 0) is 26.2 Å². The molecule has 0 aliphatic carbocycles. The summed E-state index contributed by atoms with van der Waals surface area (Å²) >= 11 is 0. The molecule has 2 aliphatic heterocycles. The second-order valence-corrected chi connectivity index (χ2v) is 6.28. The van der Waals surface area contributed by atoms with Gasteiger partial charge < -0.3 is 15.5 Å². The van der Waals surface area contributed by atoms with Gasteiger partial charge in [0.1, 0.15) is 0 Å². The number of hydrogen-bond acceptors (Lipinski definition) is 4. The van der Waals surface area contributed by atoms with Crippen molar-refractivity contribution >= 4 is 11.8 Å². The minimum absolute atomic E-state index is 0.0868. The summed E-state index contributed by atoms with van der Waals surface area (Å²) in [6, 6.07) is -0.0868. The van der Waals surface area contributed by atoms with Crippen molar-refractivity contribution in [1.29, 1.82) is 0 Å². The average Bonchev–Trinajstić information content (AvgIpc) is 2.48. The van der Waals surface area contributed by atoms with E-state index < -0.39 is 0 Å². The number of carbonyl (C=O) groups is 2. The smallest absolute Gasteiger partial charge is 0.236 e. The summed E-state index contributed by atoms with van der Waals surface area (Å²) in [6.45, 7) is 7.14. The maximum atomic E-state index is 12.2. The molecule has 2 N–H and O–H groups in total. The number of nitrogens with zero attached hydrogens (tertiary/aromatic N) is 3. The lowest BCUT2D eigenvalue weighted by Gasteiger charge is -2.36. The zero-order chi connectivity index (χ0) is 15.2. The summed E-state index contributed by atoms with van der Waals surface area (Å²) < 4.78 is 0. The average molecular weight is 296 g/mol. The van der Waals surface area contributed by atoms with Crippen LogP contribution in [0.3, 0.4) is 0 Å². The molecule has 0 aromatic carbocycles. The standard InChI is InChI=1S/C15H28N4O2/c1-13(16)11-14(20)19-9-7-17(8-10-19)12-15(21)18-5-3-2-4-6-18/h13H,2-12,16H2,1H3. The van der Waals surface area contributed by atoms with Gasteiger partial charge in [0, 0.05) is 51.7 Å². The molecule has 2 heterocycles. The highest BCUT2D eigenvalue weighted by atomic mass is 16.2. The predicted molar refractivity (Wildman–Crippen MR) is 81.7 cm³/mol. The fraction of sp³-hybridized carbons (Fsp3) is 0.867. The first-order valence-electron chi connectivity index (χ1n) is 8.10. The first-order valence-corrected chi connectivity index (χ1v) is 8.10. The highest BCUT2D eigenvalue weighted by molar-refractivity contribution is 5.78. The molecular weight excluding hydrogens is 268 g/mol. The molecular formula is C15H28N4O2. The monoisotopic (exact) mass is 296 g/mol. The molecule has 0 aromatic rings. The Kier molecular flexibility index (Phi) is 5.99. The van der Waals surface area contributed by atoms with Crippen LogP contribution < -0.4 is 5.73 Å². The van der Waals surface area contributed by atoms with Crippen molar-refractivity contribution in [2.45, 2.75) is 38.6 Å². The molecule has 0 bridgehead atoms. The zero-order valence-corrected chi connectivity index (χ0v) is 13.1. The summed E-state index contributed by atoms with van der Waals surface area (Å²) in [5.41, 5.74) is 5.67. The third kappa shape index (κ3) is 4.97. The van der Waals surface area contributed by atoms with E-state index in [0.29, 0.717) is 26.1 Å². The van der Waals surface area contributed by atoms with Crippen molar-refractivity contribution in [3.8, 4) is 0 Å². The minimum atomic E-state index is -0.0868. The van der Waals surface area contributed by atoms with Gasteiger partial charge in [0.05, 0.1) is 6.54 Å². The maximum Gasteiger partial charge on any atom is 0.236 e. The van der Waals surface area contributed by atoms with Crippen LogP contribution in [0.15, 0.2) is 0 Å². The van der Waals surface area contributed by atoms with E-state index in [4.69, 9.17) is 5.73 Å². The SMILES string of the molecule is CC(N)CC(=O)N1CCN(CC(=O)N2CCCCC2)CC1. The van der Waals surface area contributed by atoms with Gasteiger partial charge in [0.2, 0.25) is 11.8 Å². The number of piperazine rings is 1. The van der Waals surface area contributed by atoms with Crippen molar-refractivity contribution in [1.82, 2.24) is 14.7 Å². The van der Waals surface area contributed by atoms with E-state index in [1.807, 2.05) is 16.7 Å². The van der Waals surface area contributed by atoms with Crippen LogP contribution in [0.25, 0.3) is 0 Å². The van der Waals surface area contributed by atoms with Crippen LogP contribution in [-0.2, 0) is 9.59 Å². The summed E-state index contributed by atoms with van der Waals surface area (Å²) in [4.78, 5) is 30.2. The summed E-state index contributed by atoms with van der Waals surface area (Å²) in [6.07, 6.45) is 3.91. The molecule has 6 heteroatoms. The Morgan fingerprint density at radius 1 is 0.905 bits per heavy atom. The van der Waals surface area contributed by atoms with Crippen molar-refractivity contribution in [2.75, 3.05) is 45.8 Å². The first kappa shape index (κ1) is 16.2. The fourth-order valence-electron chi connectivity index (χ4n) is 2.99. The van der Waals surface area contributed by atoms with Crippen molar-refractivity contribution in [3.05, 3.63) is 0 Å². The van der Waals surface area contributed by atoms with Crippen LogP contribution in [0.2, 0.25) is 0 Å². The van der Waals surface area contributed by atoms with Gasteiger partial charge in [0.25, 0.3) is 0 Å². The van der Waals surface area contributed by atoms with E-state index in [1.165, 1.54) is 6.42 Å². The van der Waals surface area contributed by atoms with E-state index in [-0.39, 0.29) is 17.9 Å². The van der Waals surface area contributed by atoms with Gasteiger partial charge in [-0.1, -0.05) is 0 Å². The summed E-state index contributed by atoms with van der Waals surface area (Å²) in [5.74, 6) is 0.372. The normalized spacial score (nSPS) is 22.2. The van der Waals surface area contributed by atoms with Gasteiger partial charge >= 0.3 is 0 Å². The van der Waals surface area contributed by atoms with Crippen LogP contribution in [0, 0.1) is 0 Å². The Bertz CT molecular complexity index is 359. The lowest BCUT2D eigenvalue weighted by Crippen LogP contribution is -2.52. The van der Waals surface area contributed by atoms with Crippen LogP contribution >= 0.6 is 0 Å². The van der Waals surface area contributed by atoms with Crippen molar-refractivity contribution in [2.24, 2.45) is 5.73 Å². The Balaban J connectivity index is 1.71. The van der Waals surface area contributed by atoms with E-state index in [1.54, 1.807) is 0 Å². The number of rotatable bonds is 4. The zero-order valence-electron chi connectivity index (χ0n) is 13.1. The third-order valence-corrected chi connectivity index (χ3v) is 4.29. The predicted octanol–water partition coefficient (Wildman–Crippen LogP) is -0.120. The molecule has 2 rings (SSSR count). The molecule has 2 fully saturated rings. The number of hydrogen-bond donors (Lipinski definition) is 1. The van der Waals surface area contributed by atoms with Gasteiger partial charge in [-0.15, -0.1) is 0 Å². The van der Waals surface area contributed by atoms with Gasteiger partial charge in [-0.3, -0.25) is 14.5 Å². The molecule has 1 unspecified atom stereocenters. The van der Waals surface area contributed by atoms with Crippen LogP contribution in [0.1, 0.15) is 32.6 Å². The van der Waals surface area contributed by atoms with E-state index in [0.717, 1.165) is 39.0 Å². The number of nitrogens with two attached hydrogens (primary N) is 1. The topological polar surface area (TPSA) is 69.9 Å². The van der Waals surface area contributed by atoms with Crippen LogP contribution in [0.5, 0.6) is 0 Å². The molecule has 0 aromatic heterocycles. The van der Waals surface area contributed by atoms with Gasteiger partial charge in [0.15, 0.2) is 0 Å². The molecule has 1 atom stereocenters. The highest BCUT2D eigenvalue weighted by Gasteiger charge is 2.24. The molecule has 0 saturated carbocycles. The van der Waals surface area contributed by atoms with Crippen LogP contribution in [0.4, 0.5) is 0 Å². The van der Waals surface area contributed by atoms with Crippen molar-refractivity contribution in [3.63, 3.8) is 0 Å². The van der Waals surface area contributed by atoms with Gasteiger partial charge in [-0.25, -0.2) is 0 Å². The molecule has 21 heavy (non-hydrogen) atoms. The third-order valence-electron chi connectivity index (χ3n) is 4.29. The highest BCUT2D eigenvalue weighted by Crippen LogP contribution is 2.10. The van der Waals surface area contributed by atoms with Gasteiger partial charge in [-0.2, -0.15) is 0 Å². The Morgan fingerprint density at radius 2 is 1.48 bits per heavy atom.